The fourth-order valence-corrected chi connectivity index (χ4v) is 8.22. The van der Waals surface area contributed by atoms with Crippen LogP contribution in [0.4, 0.5) is 0 Å². The lowest BCUT2D eigenvalue weighted by Crippen LogP contribution is -2.50. The molecule has 6 aromatic carbocycles. The second kappa shape index (κ2) is 26.1. The number of aryl methyl sites for hydroxylation is 4. The van der Waals surface area contributed by atoms with Crippen molar-refractivity contribution >= 4 is 52.1 Å². The van der Waals surface area contributed by atoms with E-state index in [0.29, 0.717) is 33.9 Å². The Labute approximate surface area is 438 Å². The number of aliphatic hydroxyl groups is 2. The molecule has 0 aliphatic rings. The third-order valence-electron chi connectivity index (χ3n) is 11.8. The van der Waals surface area contributed by atoms with Gasteiger partial charge >= 0.3 is 7.12 Å². The molecule has 8 rings (SSSR count). The molecule has 0 aliphatic carbocycles. The molecule has 2 unspecified atom stereocenters. The maximum absolute atomic E-state index is 13.3. The number of carbonyl (C=O) groups excluding carboxylic acids is 4. The van der Waals surface area contributed by atoms with E-state index in [4.69, 9.17) is 21.5 Å². The summed E-state index contributed by atoms with van der Waals surface area (Å²) in [6, 6.07) is 50.5. The Kier molecular flexibility index (Phi) is 19.5. The number of benzene rings is 6. The minimum absolute atomic E-state index is 0.245. The van der Waals surface area contributed by atoms with E-state index in [-0.39, 0.29) is 12.8 Å². The van der Waals surface area contributed by atoms with Gasteiger partial charge in [0.05, 0.1) is 34.8 Å². The van der Waals surface area contributed by atoms with E-state index in [9.17, 15) is 29.4 Å². The van der Waals surface area contributed by atoms with E-state index >= 15 is 0 Å². The third-order valence-corrected chi connectivity index (χ3v) is 12.3. The van der Waals surface area contributed by atoms with Crippen LogP contribution < -0.4 is 27.6 Å². The van der Waals surface area contributed by atoms with E-state index < -0.39 is 55.0 Å². The number of halogens is 1. The van der Waals surface area contributed by atoms with Crippen molar-refractivity contribution in [3.8, 4) is 22.5 Å². The first-order chi connectivity index (χ1) is 35.4. The third kappa shape index (κ3) is 15.0. The fourth-order valence-electron chi connectivity index (χ4n) is 7.95. The highest BCUT2D eigenvalue weighted by Crippen LogP contribution is 2.25. The first-order valence-electron chi connectivity index (χ1n) is 23.5. The van der Waals surface area contributed by atoms with Gasteiger partial charge in [0, 0.05) is 4.47 Å². The fraction of sp³-hybridized carbons (Fsp3) is 0.179. The molecule has 4 amide bonds. The molecule has 0 bridgehead atoms. The molecule has 8 aromatic rings. The predicted octanol–water partition coefficient (Wildman–Crippen LogP) is 5.15. The Morgan fingerprint density at radius 1 is 0.554 bits per heavy atom. The first kappa shape index (κ1) is 55.3. The zero-order chi connectivity index (χ0) is 53.5. The summed E-state index contributed by atoms with van der Waals surface area (Å²) >= 11 is 3.38. The molecule has 0 spiro atoms. The molecule has 2 heterocycles. The number of primary amides is 2. The number of nitrogens with zero attached hydrogens (tertiary/aromatic N) is 4. The van der Waals surface area contributed by atoms with Gasteiger partial charge in [-0.1, -0.05) is 143 Å². The summed E-state index contributed by atoms with van der Waals surface area (Å²) in [6.07, 6.45) is -2.56. The van der Waals surface area contributed by atoms with Gasteiger partial charge in [-0.3, -0.25) is 19.2 Å². The van der Waals surface area contributed by atoms with Crippen LogP contribution in [0.25, 0.3) is 22.5 Å². The normalized spacial score (nSPS) is 12.3. The van der Waals surface area contributed by atoms with Crippen LogP contribution in [0.15, 0.2) is 174 Å². The Bertz CT molecular complexity index is 3150. The van der Waals surface area contributed by atoms with Crippen molar-refractivity contribution in [2.45, 2.75) is 64.8 Å². The van der Waals surface area contributed by atoms with Crippen molar-refractivity contribution < 1.29 is 39.4 Å². The summed E-state index contributed by atoms with van der Waals surface area (Å²) in [5.41, 5.74) is 20.5. The highest BCUT2D eigenvalue weighted by Gasteiger charge is 2.30. The summed E-state index contributed by atoms with van der Waals surface area (Å²) < 4.78 is 3.99. The number of nitrogens with one attached hydrogen (secondary N) is 2. The average Bonchev–Trinajstić information content (AvgIpc) is 3.99. The highest BCUT2D eigenvalue weighted by atomic mass is 79.9. The van der Waals surface area contributed by atoms with Crippen LogP contribution in [-0.4, -0.2) is 94.9 Å². The van der Waals surface area contributed by atoms with Gasteiger partial charge < -0.3 is 42.4 Å². The lowest BCUT2D eigenvalue weighted by molar-refractivity contribution is -0.127. The van der Waals surface area contributed by atoms with Crippen LogP contribution in [0.3, 0.4) is 0 Å². The lowest BCUT2D eigenvalue weighted by atomic mass is 9.77. The average molecular weight is 1060 g/mol. The van der Waals surface area contributed by atoms with Gasteiger partial charge in [-0.05, 0) is 122 Å². The summed E-state index contributed by atoms with van der Waals surface area (Å²) in [6.45, 7) is 7.49. The van der Waals surface area contributed by atoms with Crippen molar-refractivity contribution in [1.82, 2.24) is 30.2 Å². The molecule has 10 N–H and O–H groups in total. The molecule has 0 saturated heterocycles. The zero-order valence-electron chi connectivity index (χ0n) is 41.2. The number of hydrogen-bond acceptors (Lipinski definition) is 10. The van der Waals surface area contributed by atoms with Crippen molar-refractivity contribution in [1.29, 1.82) is 0 Å². The second-order valence-corrected chi connectivity index (χ2v) is 18.4. The number of aromatic nitrogens is 4. The minimum Gasteiger partial charge on any atom is -0.423 e. The van der Waals surface area contributed by atoms with Crippen molar-refractivity contribution in [3.05, 3.63) is 219 Å². The van der Waals surface area contributed by atoms with Crippen molar-refractivity contribution in [3.63, 3.8) is 0 Å². The van der Waals surface area contributed by atoms with Crippen LogP contribution in [-0.2, 0) is 22.4 Å². The topological polar surface area (TPSA) is 261 Å². The van der Waals surface area contributed by atoms with Crippen LogP contribution in [0.2, 0.25) is 0 Å². The largest absolute Gasteiger partial charge is 0.488 e. The molecule has 4 atom stereocenters. The SMILES string of the molecule is Cc1cc(C(=O)N[C@@H](Cc2ccccc2)C(O)C(N)=O)n(-c2ccc(-c3ccccc3C)cc2)n1.Cc1cc(C(=O)N[C@@H](Cc2ccccc2)C(O)C(N)=O)n(-c2ccc(Br)cc2)n1.Cc1ccccc1B(O)O. The number of rotatable bonds is 16. The summed E-state index contributed by atoms with van der Waals surface area (Å²) in [7, 11) is -1.35. The van der Waals surface area contributed by atoms with Gasteiger partial charge in [-0.25, -0.2) is 9.36 Å². The molecule has 0 fully saturated rings. The predicted molar refractivity (Wildman–Crippen MR) is 289 cm³/mol. The molecule has 0 saturated carbocycles. The molecular formula is C56H58BBrN8O8. The summed E-state index contributed by atoms with van der Waals surface area (Å²) in [5, 5.41) is 52.6. The van der Waals surface area contributed by atoms with Gasteiger partial charge in [-0.15, -0.1) is 0 Å². The maximum Gasteiger partial charge on any atom is 0.488 e. The molecule has 2 aromatic heterocycles. The van der Waals surface area contributed by atoms with Crippen molar-refractivity contribution in [2.24, 2.45) is 11.5 Å². The standard InChI is InChI=1S/C28H28N4O3.C21H21BrN4O3.C7H9BO2/c1-18-8-6-7-11-23(18)21-12-14-22(15-13-21)32-25(16-19(2)31-32)28(35)30-24(26(33)27(29)34)17-20-9-4-3-5-10-20;1-13-11-18(26(25-13)16-9-7-15(22)8-10-16)21(29)24-17(19(27)20(23)28)12-14-5-3-2-4-6-14;1-6-4-2-3-5-7(6)8(9)10/h3-16,24,26,33H,17H2,1-2H3,(H2,29,34)(H,30,35);2-11,17,19,27H,12H2,1H3,(H2,23,28)(H,24,29);2-5,9-10H,1H3/t24-,26?;17-,19?;/m00./s1. The molecule has 18 heteroatoms. The lowest BCUT2D eigenvalue weighted by Gasteiger charge is -2.22. The van der Waals surface area contributed by atoms with Gasteiger partial charge in [0.25, 0.3) is 11.8 Å². The number of amides is 4. The Hall–Kier alpha value is -8.00. The van der Waals surface area contributed by atoms with Crippen LogP contribution >= 0.6 is 15.9 Å². The van der Waals surface area contributed by atoms with E-state index in [2.05, 4.69) is 55.8 Å². The van der Waals surface area contributed by atoms with Crippen LogP contribution in [0.1, 0.15) is 54.6 Å². The van der Waals surface area contributed by atoms with Crippen LogP contribution in [0, 0.1) is 27.7 Å². The summed E-state index contributed by atoms with van der Waals surface area (Å²) in [4.78, 5) is 49.6. The summed E-state index contributed by atoms with van der Waals surface area (Å²) in [5.74, 6) is -2.73. The molecule has 0 aliphatic heterocycles. The van der Waals surface area contributed by atoms with E-state index in [1.54, 1.807) is 42.8 Å². The Morgan fingerprint density at radius 2 is 0.946 bits per heavy atom. The van der Waals surface area contributed by atoms with Gasteiger partial charge in [0.2, 0.25) is 11.8 Å². The number of nitrogens with two attached hydrogens (primary N) is 2. The Balaban J connectivity index is 0.000000205. The van der Waals surface area contributed by atoms with Gasteiger partial charge in [0.1, 0.15) is 11.4 Å². The minimum atomic E-state index is -1.54. The maximum atomic E-state index is 13.3. The van der Waals surface area contributed by atoms with Gasteiger partial charge in [-0.2, -0.15) is 10.2 Å². The molecule has 380 valence electrons. The number of aliphatic hydroxyl groups excluding tert-OH is 2. The van der Waals surface area contributed by atoms with E-state index in [1.165, 1.54) is 10.2 Å². The highest BCUT2D eigenvalue weighted by molar-refractivity contribution is 9.10. The number of carbonyl (C=O) groups is 4. The van der Waals surface area contributed by atoms with Crippen molar-refractivity contribution in [2.75, 3.05) is 0 Å². The molecular weight excluding hydrogens is 1000 g/mol. The quantitative estimate of drug-likeness (QED) is 0.0591. The molecule has 0 radical (unpaired) electrons. The van der Waals surface area contributed by atoms with Gasteiger partial charge in [0.15, 0.2) is 12.2 Å². The van der Waals surface area contributed by atoms with E-state index in [1.807, 2.05) is 140 Å². The first-order valence-corrected chi connectivity index (χ1v) is 24.3. The Morgan fingerprint density at radius 3 is 1.34 bits per heavy atom. The molecule has 16 nitrogen and oxygen atoms in total. The van der Waals surface area contributed by atoms with E-state index in [0.717, 1.165) is 38.0 Å². The smallest absolute Gasteiger partial charge is 0.423 e. The number of hydrogen-bond donors (Lipinski definition) is 8. The monoisotopic (exact) mass is 1060 g/mol. The second-order valence-electron chi connectivity index (χ2n) is 17.5. The zero-order valence-corrected chi connectivity index (χ0v) is 42.8. The molecule has 74 heavy (non-hydrogen) atoms. The van der Waals surface area contributed by atoms with Crippen LogP contribution in [0.5, 0.6) is 0 Å².